The van der Waals surface area contributed by atoms with E-state index in [1.807, 2.05) is 48.7 Å². The number of nitrogens with zero attached hydrogens (tertiary/aromatic N) is 3. The molecule has 3 aromatic rings. The lowest BCUT2D eigenvalue weighted by molar-refractivity contribution is 0.293. The molecule has 3 N–H and O–H groups in total. The molecule has 2 fully saturated rings. The average molecular weight is 559 g/mol. The van der Waals surface area contributed by atoms with Crippen molar-refractivity contribution in [2.75, 3.05) is 29.6 Å². The molecule has 40 heavy (non-hydrogen) atoms. The third-order valence-electron chi connectivity index (χ3n) is 7.92. The van der Waals surface area contributed by atoms with Gasteiger partial charge in [0.25, 0.3) is 0 Å². The number of hydrogen-bond donors (Lipinski definition) is 3. The van der Waals surface area contributed by atoms with Crippen LogP contribution in [0.15, 0.2) is 66.9 Å². The van der Waals surface area contributed by atoms with Gasteiger partial charge in [0.1, 0.15) is 5.82 Å². The van der Waals surface area contributed by atoms with Crippen LogP contribution in [0.5, 0.6) is 0 Å². The van der Waals surface area contributed by atoms with Crippen molar-refractivity contribution in [3.63, 3.8) is 0 Å². The molecule has 0 bridgehead atoms. The van der Waals surface area contributed by atoms with Gasteiger partial charge in [0.05, 0.1) is 17.9 Å². The van der Waals surface area contributed by atoms with E-state index in [4.69, 9.17) is 5.26 Å². The number of nitrogens with one attached hydrogen (secondary N) is 3. The lowest BCUT2D eigenvalue weighted by Crippen LogP contribution is -2.54. The Balaban J connectivity index is 1.21. The monoisotopic (exact) mass is 558 g/mol. The third kappa shape index (κ3) is 7.60. The summed E-state index contributed by atoms with van der Waals surface area (Å²) in [5, 5.41) is 16.8. The van der Waals surface area contributed by atoms with Crippen LogP contribution in [0.2, 0.25) is 0 Å². The summed E-state index contributed by atoms with van der Waals surface area (Å²) in [4.78, 5) is 7.07. The fourth-order valence-electron chi connectivity index (χ4n) is 5.81. The number of rotatable bonds is 9. The zero-order chi connectivity index (χ0) is 28.0. The van der Waals surface area contributed by atoms with Crippen molar-refractivity contribution in [2.45, 2.75) is 63.2 Å². The van der Waals surface area contributed by atoms with Crippen LogP contribution in [0.1, 0.15) is 49.7 Å². The fourth-order valence-corrected chi connectivity index (χ4v) is 6.24. The molecule has 1 aliphatic heterocycles. The molecule has 1 aliphatic carbocycles. The van der Waals surface area contributed by atoms with E-state index in [0.717, 1.165) is 54.9 Å². The number of hydrogen-bond acceptors (Lipinski definition) is 7. The molecule has 0 spiro atoms. The van der Waals surface area contributed by atoms with E-state index in [9.17, 15) is 8.42 Å². The average Bonchev–Trinajstić information content (AvgIpc) is 2.97. The second-order valence-electron chi connectivity index (χ2n) is 11.0. The lowest BCUT2D eigenvalue weighted by atomic mass is 9.89. The summed E-state index contributed by atoms with van der Waals surface area (Å²) < 4.78 is 25.3. The molecule has 5 rings (SSSR count). The van der Waals surface area contributed by atoms with Gasteiger partial charge in [-0.1, -0.05) is 37.1 Å². The van der Waals surface area contributed by atoms with Crippen molar-refractivity contribution in [2.24, 2.45) is 0 Å². The van der Waals surface area contributed by atoms with E-state index in [1.54, 1.807) is 0 Å². The van der Waals surface area contributed by atoms with E-state index in [0.29, 0.717) is 23.7 Å². The van der Waals surface area contributed by atoms with E-state index in [1.165, 1.54) is 31.2 Å². The molecule has 2 heterocycles. The minimum atomic E-state index is -3.22. The van der Waals surface area contributed by atoms with Gasteiger partial charge in [0.15, 0.2) is 0 Å². The minimum Gasteiger partial charge on any atom is -0.370 e. The molecule has 210 valence electrons. The number of benzene rings is 2. The highest BCUT2D eigenvalue weighted by Crippen LogP contribution is 2.27. The standard InChI is InChI=1S/C31H38N6O2S/c1-40(38,39)34-21-24-8-12-25(13-9-24)26-16-17-33-31(19-26)36-30-7-3-2-6-29(30)35-27-5-4-18-37(22-27)28-14-10-23(20-32)11-15-28/h8-17,19,27,29-30,34-35H,2-7,18,21-22H2,1H3,(H,33,36)/t27-,29+,30+/m0/s1. The van der Waals surface area contributed by atoms with E-state index < -0.39 is 10.0 Å². The van der Waals surface area contributed by atoms with Crippen LogP contribution < -0.4 is 20.3 Å². The van der Waals surface area contributed by atoms with Crippen molar-refractivity contribution in [1.29, 1.82) is 5.26 Å². The molecule has 1 saturated heterocycles. The lowest BCUT2D eigenvalue weighted by Gasteiger charge is -2.40. The maximum Gasteiger partial charge on any atom is 0.209 e. The van der Waals surface area contributed by atoms with Crippen LogP contribution in [-0.2, 0) is 16.6 Å². The molecule has 3 atom stereocenters. The van der Waals surface area contributed by atoms with Crippen molar-refractivity contribution in [3.05, 3.63) is 78.0 Å². The number of pyridine rings is 1. The Morgan fingerprint density at radius 2 is 1.70 bits per heavy atom. The molecule has 8 nitrogen and oxygen atoms in total. The molecule has 0 unspecified atom stereocenters. The van der Waals surface area contributed by atoms with Crippen molar-refractivity contribution in [3.8, 4) is 17.2 Å². The van der Waals surface area contributed by atoms with Crippen molar-refractivity contribution in [1.82, 2.24) is 15.0 Å². The molecule has 0 amide bonds. The highest BCUT2D eigenvalue weighted by Gasteiger charge is 2.29. The van der Waals surface area contributed by atoms with E-state index in [-0.39, 0.29) is 6.54 Å². The number of aromatic nitrogens is 1. The van der Waals surface area contributed by atoms with Gasteiger partial charge >= 0.3 is 0 Å². The highest BCUT2D eigenvalue weighted by molar-refractivity contribution is 7.88. The molecular formula is C31H38N6O2S. The molecule has 1 saturated carbocycles. The van der Waals surface area contributed by atoms with Gasteiger partial charge < -0.3 is 15.5 Å². The first-order valence-electron chi connectivity index (χ1n) is 14.1. The Morgan fingerprint density at radius 1 is 0.950 bits per heavy atom. The normalized spacial score (nSPS) is 21.5. The maximum absolute atomic E-state index is 11.4. The van der Waals surface area contributed by atoms with Gasteiger partial charge in [-0.25, -0.2) is 18.1 Å². The van der Waals surface area contributed by atoms with E-state index in [2.05, 4.69) is 49.5 Å². The second-order valence-corrected chi connectivity index (χ2v) is 12.8. The highest BCUT2D eigenvalue weighted by atomic mass is 32.2. The van der Waals surface area contributed by atoms with Gasteiger partial charge in [-0.05, 0) is 78.8 Å². The Hall–Kier alpha value is -3.45. The summed E-state index contributed by atoms with van der Waals surface area (Å²) in [5.41, 5.74) is 4.94. The largest absolute Gasteiger partial charge is 0.370 e. The smallest absolute Gasteiger partial charge is 0.209 e. The third-order valence-corrected chi connectivity index (χ3v) is 8.59. The second kappa shape index (κ2) is 12.8. The van der Waals surface area contributed by atoms with Crippen LogP contribution in [0.25, 0.3) is 11.1 Å². The predicted molar refractivity (Wildman–Crippen MR) is 161 cm³/mol. The maximum atomic E-state index is 11.4. The SMILES string of the molecule is CS(=O)(=O)NCc1ccc(-c2ccnc(N[C@@H]3CCCC[C@H]3N[C@H]3CCCN(c4ccc(C#N)cc4)C3)c2)cc1. The van der Waals surface area contributed by atoms with Crippen LogP contribution in [0, 0.1) is 11.3 Å². The first kappa shape index (κ1) is 28.1. The Morgan fingerprint density at radius 3 is 2.42 bits per heavy atom. The molecular weight excluding hydrogens is 520 g/mol. The predicted octanol–water partition coefficient (Wildman–Crippen LogP) is 4.65. The molecule has 2 aliphatic rings. The first-order chi connectivity index (χ1) is 19.4. The summed E-state index contributed by atoms with van der Waals surface area (Å²) in [7, 11) is -3.22. The summed E-state index contributed by atoms with van der Waals surface area (Å²) >= 11 is 0. The zero-order valence-corrected chi connectivity index (χ0v) is 23.8. The summed E-state index contributed by atoms with van der Waals surface area (Å²) in [5.74, 6) is 0.877. The number of piperidine rings is 1. The number of nitriles is 1. The summed E-state index contributed by atoms with van der Waals surface area (Å²) in [6.45, 7) is 2.30. The topological polar surface area (TPSA) is 110 Å². The first-order valence-corrected chi connectivity index (χ1v) is 16.0. The molecule has 0 radical (unpaired) electrons. The quantitative estimate of drug-likeness (QED) is 0.351. The van der Waals surface area contributed by atoms with Crippen molar-refractivity contribution >= 4 is 21.5 Å². The van der Waals surface area contributed by atoms with Gasteiger partial charge in [0.2, 0.25) is 10.0 Å². The number of sulfonamides is 1. The Labute approximate surface area is 237 Å². The Bertz CT molecular complexity index is 1420. The van der Waals surface area contributed by atoms with Crippen LogP contribution >= 0.6 is 0 Å². The fraction of sp³-hybridized carbons (Fsp3) is 0.419. The van der Waals surface area contributed by atoms with Crippen LogP contribution in [0.4, 0.5) is 11.5 Å². The summed E-state index contributed by atoms with van der Waals surface area (Å²) in [6.07, 6.45) is 10.0. The van der Waals surface area contributed by atoms with Crippen molar-refractivity contribution < 1.29 is 8.42 Å². The molecule has 2 aromatic carbocycles. The molecule has 1 aromatic heterocycles. The number of anilines is 2. The minimum absolute atomic E-state index is 0.282. The van der Waals surface area contributed by atoms with Gasteiger partial charge in [-0.2, -0.15) is 5.26 Å². The van der Waals surface area contributed by atoms with Crippen LogP contribution in [-0.4, -0.2) is 50.9 Å². The molecule has 9 heteroatoms. The van der Waals surface area contributed by atoms with E-state index >= 15 is 0 Å². The van der Waals surface area contributed by atoms with Gasteiger partial charge in [-0.3, -0.25) is 0 Å². The van der Waals surface area contributed by atoms with Gasteiger partial charge in [0, 0.05) is 49.6 Å². The summed E-state index contributed by atoms with van der Waals surface area (Å²) in [6, 6.07) is 23.3. The van der Waals surface area contributed by atoms with Gasteiger partial charge in [-0.15, -0.1) is 0 Å². The Kier molecular flexibility index (Phi) is 9.00. The van der Waals surface area contributed by atoms with Crippen LogP contribution in [0.3, 0.4) is 0 Å². The zero-order valence-electron chi connectivity index (χ0n) is 23.0.